The lowest BCUT2D eigenvalue weighted by atomic mass is 10.2. The molecule has 2 N–H and O–H groups in total. The summed E-state index contributed by atoms with van der Waals surface area (Å²) >= 11 is 7.67. The van der Waals surface area contributed by atoms with Gasteiger partial charge in [-0.2, -0.15) is 13.2 Å². The Kier molecular flexibility index (Phi) is 6.29. The van der Waals surface area contributed by atoms with Crippen LogP contribution < -0.4 is 15.5 Å². The van der Waals surface area contributed by atoms with Gasteiger partial charge in [-0.15, -0.1) is 11.3 Å². The second-order valence-corrected chi connectivity index (χ2v) is 8.10. The minimum absolute atomic E-state index is 0.00135. The van der Waals surface area contributed by atoms with E-state index < -0.39 is 11.7 Å². The maximum absolute atomic E-state index is 12.8. The molecule has 0 saturated carbocycles. The van der Waals surface area contributed by atoms with E-state index in [1.54, 1.807) is 18.4 Å². The number of anilines is 1. The van der Waals surface area contributed by atoms with Gasteiger partial charge in [-0.1, -0.05) is 11.6 Å². The molecular weight excluding hydrogens is 413 g/mol. The van der Waals surface area contributed by atoms with Gasteiger partial charge in [0.05, 0.1) is 22.1 Å². The second kappa shape index (κ2) is 8.52. The lowest BCUT2D eigenvalue weighted by molar-refractivity contribution is -0.137. The first kappa shape index (κ1) is 20.7. The summed E-state index contributed by atoms with van der Waals surface area (Å²) in [6.07, 6.45) is -1.02. The van der Waals surface area contributed by atoms with E-state index in [0.717, 1.165) is 28.6 Å². The summed E-state index contributed by atoms with van der Waals surface area (Å²) in [5.41, 5.74) is -0.849. The van der Waals surface area contributed by atoms with Crippen molar-refractivity contribution < 1.29 is 13.2 Å². The molecule has 1 fully saturated rings. The van der Waals surface area contributed by atoms with Crippen LogP contribution in [0, 0.1) is 6.92 Å². The number of hydrogen-bond acceptors (Lipinski definition) is 5. The van der Waals surface area contributed by atoms with Crippen LogP contribution in [-0.2, 0) is 12.7 Å². The molecule has 2 aromatic rings. The van der Waals surface area contributed by atoms with Crippen molar-refractivity contribution in [3.8, 4) is 0 Å². The molecule has 1 aliphatic heterocycles. The van der Waals surface area contributed by atoms with Crippen LogP contribution in [0.25, 0.3) is 0 Å². The lowest BCUT2D eigenvalue weighted by Gasteiger charge is -2.21. The highest BCUT2D eigenvalue weighted by molar-refractivity contribution is 7.11. The molecule has 0 amide bonds. The van der Waals surface area contributed by atoms with E-state index in [2.05, 4.69) is 25.6 Å². The fourth-order valence-corrected chi connectivity index (χ4v) is 3.96. The van der Waals surface area contributed by atoms with Crippen molar-refractivity contribution in [3.05, 3.63) is 38.9 Å². The summed E-state index contributed by atoms with van der Waals surface area (Å²) in [6, 6.07) is 0.997. The summed E-state index contributed by atoms with van der Waals surface area (Å²) in [5.74, 6) is 1.02. The molecule has 28 heavy (non-hydrogen) atoms. The smallest absolute Gasteiger partial charge is 0.353 e. The molecule has 3 heterocycles. The van der Waals surface area contributed by atoms with Crippen molar-refractivity contribution in [2.75, 3.05) is 25.0 Å². The molecule has 1 aliphatic rings. The van der Waals surface area contributed by atoms with Crippen LogP contribution in [0.1, 0.15) is 21.9 Å². The van der Waals surface area contributed by atoms with Gasteiger partial charge >= 0.3 is 6.18 Å². The zero-order valence-corrected chi connectivity index (χ0v) is 16.9. The van der Waals surface area contributed by atoms with Crippen molar-refractivity contribution in [3.63, 3.8) is 0 Å². The number of thiazole rings is 1. The van der Waals surface area contributed by atoms with Gasteiger partial charge in [0, 0.05) is 43.4 Å². The number of nitrogens with one attached hydrogen (secondary N) is 2. The predicted molar refractivity (Wildman–Crippen MR) is 105 cm³/mol. The number of rotatable bonds is 4. The van der Waals surface area contributed by atoms with Crippen LogP contribution in [0.4, 0.5) is 19.0 Å². The van der Waals surface area contributed by atoms with Crippen LogP contribution in [0.2, 0.25) is 5.02 Å². The van der Waals surface area contributed by atoms with Crippen LogP contribution in [0.15, 0.2) is 23.5 Å². The van der Waals surface area contributed by atoms with Gasteiger partial charge in [-0.3, -0.25) is 4.99 Å². The van der Waals surface area contributed by atoms with Crippen LogP contribution in [0.5, 0.6) is 0 Å². The number of hydrogen-bond donors (Lipinski definition) is 2. The van der Waals surface area contributed by atoms with E-state index >= 15 is 0 Å². The fraction of sp³-hybridized carbons (Fsp3) is 0.471. The molecule has 1 unspecified atom stereocenters. The zero-order valence-electron chi connectivity index (χ0n) is 15.3. The maximum Gasteiger partial charge on any atom is 0.417 e. The average molecular weight is 433 g/mol. The number of pyridine rings is 1. The van der Waals surface area contributed by atoms with Crippen molar-refractivity contribution >= 4 is 34.7 Å². The number of halogens is 4. The number of nitrogens with zero attached hydrogens (tertiary/aromatic N) is 4. The second-order valence-electron chi connectivity index (χ2n) is 6.37. The first-order valence-electron chi connectivity index (χ1n) is 8.62. The van der Waals surface area contributed by atoms with E-state index in [0.29, 0.717) is 31.4 Å². The number of aryl methyl sites for hydroxylation is 1. The van der Waals surface area contributed by atoms with Crippen LogP contribution in [-0.4, -0.2) is 42.1 Å². The normalized spacial score (nSPS) is 17.9. The largest absolute Gasteiger partial charge is 0.417 e. The van der Waals surface area contributed by atoms with Gasteiger partial charge < -0.3 is 15.5 Å². The number of aliphatic imine (C=N–C) groups is 1. The van der Waals surface area contributed by atoms with E-state index in [1.807, 2.05) is 18.0 Å². The molecule has 0 aromatic carbocycles. The van der Waals surface area contributed by atoms with E-state index in [1.165, 1.54) is 0 Å². The highest BCUT2D eigenvalue weighted by atomic mass is 35.5. The Bertz CT molecular complexity index is 854. The molecule has 0 aliphatic carbocycles. The minimum atomic E-state index is -4.46. The molecule has 1 atom stereocenters. The van der Waals surface area contributed by atoms with Crippen LogP contribution in [0.3, 0.4) is 0 Å². The molecule has 1 saturated heterocycles. The van der Waals surface area contributed by atoms with Gasteiger partial charge in [0.1, 0.15) is 5.82 Å². The molecule has 0 spiro atoms. The standard InChI is InChI=1S/C17H20ClF3N6S/c1-10-23-7-13(28-10)8-25-16(22-2)26-12-3-4-27(9-12)15-14(18)5-11(6-24-15)17(19,20)21/h5-7,12H,3-4,8-9H2,1-2H3,(H2,22,25,26). The Morgan fingerprint density at radius 1 is 1.39 bits per heavy atom. The van der Waals surface area contributed by atoms with E-state index in [9.17, 15) is 13.2 Å². The molecule has 0 radical (unpaired) electrons. The van der Waals surface area contributed by atoms with Gasteiger partial charge in [0.2, 0.25) is 0 Å². The SMILES string of the molecule is CN=C(NCc1cnc(C)s1)NC1CCN(c2ncc(C(F)(F)F)cc2Cl)C1. The third kappa shape index (κ3) is 5.05. The first-order chi connectivity index (χ1) is 13.3. The van der Waals surface area contributed by atoms with Gasteiger partial charge in [-0.25, -0.2) is 9.97 Å². The summed E-state index contributed by atoms with van der Waals surface area (Å²) < 4.78 is 38.3. The summed E-state index contributed by atoms with van der Waals surface area (Å²) in [7, 11) is 1.69. The number of alkyl halides is 3. The fourth-order valence-electron chi connectivity index (χ4n) is 2.93. The lowest BCUT2D eigenvalue weighted by Crippen LogP contribution is -2.44. The molecule has 11 heteroatoms. The van der Waals surface area contributed by atoms with Crippen LogP contribution >= 0.6 is 22.9 Å². The molecular formula is C17H20ClF3N6S. The Morgan fingerprint density at radius 2 is 2.18 bits per heavy atom. The van der Waals surface area contributed by atoms with Crippen molar-refractivity contribution in [2.24, 2.45) is 4.99 Å². The van der Waals surface area contributed by atoms with E-state index in [4.69, 9.17) is 11.6 Å². The third-order valence-corrected chi connectivity index (χ3v) is 5.49. The number of guanidine groups is 1. The zero-order chi connectivity index (χ0) is 20.3. The molecule has 2 aromatic heterocycles. The van der Waals surface area contributed by atoms with Crippen molar-refractivity contribution in [1.29, 1.82) is 0 Å². The highest BCUT2D eigenvalue weighted by Gasteiger charge is 2.33. The van der Waals surface area contributed by atoms with Gasteiger partial charge in [-0.05, 0) is 19.4 Å². The Hall–Kier alpha value is -2.07. The molecule has 0 bridgehead atoms. The topological polar surface area (TPSA) is 65.4 Å². The Balaban J connectivity index is 1.57. The molecule has 3 rings (SSSR count). The molecule has 6 nitrogen and oxygen atoms in total. The summed E-state index contributed by atoms with van der Waals surface area (Å²) in [5, 5.41) is 7.57. The minimum Gasteiger partial charge on any atom is -0.353 e. The monoisotopic (exact) mass is 432 g/mol. The Morgan fingerprint density at radius 3 is 2.79 bits per heavy atom. The quantitative estimate of drug-likeness (QED) is 0.572. The van der Waals surface area contributed by atoms with E-state index in [-0.39, 0.29) is 11.1 Å². The van der Waals surface area contributed by atoms with Crippen molar-refractivity contribution in [2.45, 2.75) is 32.1 Å². The summed E-state index contributed by atoms with van der Waals surface area (Å²) in [6.45, 7) is 3.78. The third-order valence-electron chi connectivity index (χ3n) is 4.30. The van der Waals surface area contributed by atoms with Gasteiger partial charge in [0.25, 0.3) is 0 Å². The Labute approximate surface area is 169 Å². The first-order valence-corrected chi connectivity index (χ1v) is 9.82. The number of aromatic nitrogens is 2. The maximum atomic E-state index is 12.8. The predicted octanol–water partition coefficient (Wildman–Crippen LogP) is 3.46. The highest BCUT2D eigenvalue weighted by Crippen LogP contribution is 2.34. The van der Waals surface area contributed by atoms with Crippen molar-refractivity contribution in [1.82, 2.24) is 20.6 Å². The molecule has 152 valence electrons. The summed E-state index contributed by atoms with van der Waals surface area (Å²) in [4.78, 5) is 15.4. The average Bonchev–Trinajstić information content (AvgIpc) is 3.26. The van der Waals surface area contributed by atoms with Gasteiger partial charge in [0.15, 0.2) is 5.96 Å².